The summed E-state index contributed by atoms with van der Waals surface area (Å²) in [7, 11) is -3.09. The maximum atomic E-state index is 13.0. The molecule has 2 heterocycles. The van der Waals surface area contributed by atoms with E-state index in [4.69, 9.17) is 4.74 Å². The average Bonchev–Trinajstić information content (AvgIpc) is 3.26. The van der Waals surface area contributed by atoms with Gasteiger partial charge in [0.25, 0.3) is 0 Å². The standard InChI is InChI=1S/C20H22N2O4S/c23-20(21-18-7-6-16-12-26-13-17(16)10-18)22(11-15-4-2-1-3-5-15)19-8-9-27(24,25)14-19/h1-7,10,19H,8-9,11-14H2,(H,21,23). The lowest BCUT2D eigenvalue weighted by molar-refractivity contribution is 0.134. The topological polar surface area (TPSA) is 75.7 Å². The molecular formula is C20H22N2O4S. The predicted molar refractivity (Wildman–Crippen MR) is 103 cm³/mol. The molecule has 7 heteroatoms. The SMILES string of the molecule is O=C(Nc1ccc2c(c1)COC2)N(Cc1ccccc1)C1CCS(=O)(=O)C1. The van der Waals surface area contributed by atoms with Crippen molar-refractivity contribution in [3.63, 3.8) is 0 Å². The van der Waals surface area contributed by atoms with Crippen LogP contribution >= 0.6 is 0 Å². The predicted octanol–water partition coefficient (Wildman–Crippen LogP) is 2.94. The summed E-state index contributed by atoms with van der Waals surface area (Å²) in [6.07, 6.45) is 0.473. The molecule has 1 unspecified atom stereocenters. The molecule has 142 valence electrons. The third-order valence-corrected chi connectivity index (χ3v) is 6.83. The average molecular weight is 386 g/mol. The summed E-state index contributed by atoms with van der Waals surface area (Å²) < 4.78 is 29.3. The number of urea groups is 1. The summed E-state index contributed by atoms with van der Waals surface area (Å²) >= 11 is 0. The van der Waals surface area contributed by atoms with Gasteiger partial charge in [0.2, 0.25) is 0 Å². The van der Waals surface area contributed by atoms with Crippen molar-refractivity contribution in [3.05, 3.63) is 65.2 Å². The summed E-state index contributed by atoms with van der Waals surface area (Å²) in [6, 6.07) is 14.8. The van der Waals surface area contributed by atoms with E-state index in [0.717, 1.165) is 16.7 Å². The first-order chi connectivity index (χ1) is 13.0. The molecule has 2 amide bonds. The maximum absolute atomic E-state index is 13.0. The van der Waals surface area contributed by atoms with Crippen molar-refractivity contribution in [2.75, 3.05) is 16.8 Å². The molecule has 1 N–H and O–H groups in total. The first kappa shape index (κ1) is 18.0. The van der Waals surface area contributed by atoms with Gasteiger partial charge < -0.3 is 15.0 Å². The normalized spacial score (nSPS) is 20.2. The van der Waals surface area contributed by atoms with Gasteiger partial charge in [0.05, 0.1) is 24.7 Å². The molecule has 27 heavy (non-hydrogen) atoms. The number of rotatable bonds is 4. The van der Waals surface area contributed by atoms with Gasteiger partial charge in [0.15, 0.2) is 9.84 Å². The van der Waals surface area contributed by atoms with Crippen LogP contribution in [0.3, 0.4) is 0 Å². The highest BCUT2D eigenvalue weighted by Crippen LogP contribution is 2.25. The minimum Gasteiger partial charge on any atom is -0.372 e. The fourth-order valence-corrected chi connectivity index (χ4v) is 5.34. The Labute approximate surface area is 159 Å². The summed E-state index contributed by atoms with van der Waals surface area (Å²) in [5.41, 5.74) is 3.88. The molecule has 1 saturated heterocycles. The van der Waals surface area contributed by atoms with Gasteiger partial charge in [-0.05, 0) is 35.2 Å². The molecule has 6 nitrogen and oxygen atoms in total. The van der Waals surface area contributed by atoms with Gasteiger partial charge in [-0.25, -0.2) is 13.2 Å². The lowest BCUT2D eigenvalue weighted by atomic mass is 10.1. The van der Waals surface area contributed by atoms with Crippen LogP contribution in [0.5, 0.6) is 0 Å². The third-order valence-electron chi connectivity index (χ3n) is 5.08. The zero-order chi connectivity index (χ0) is 18.9. The molecule has 1 fully saturated rings. The summed E-state index contributed by atoms with van der Waals surface area (Å²) in [4.78, 5) is 14.6. The summed E-state index contributed by atoms with van der Waals surface area (Å²) in [6.45, 7) is 1.53. The zero-order valence-electron chi connectivity index (χ0n) is 14.9. The van der Waals surface area contributed by atoms with Crippen molar-refractivity contribution in [1.29, 1.82) is 0 Å². The molecule has 2 aromatic carbocycles. The van der Waals surface area contributed by atoms with Crippen molar-refractivity contribution >= 4 is 21.6 Å². The number of amides is 2. The third kappa shape index (κ3) is 4.14. The number of sulfone groups is 1. The van der Waals surface area contributed by atoms with Crippen LogP contribution in [0, 0.1) is 0 Å². The molecule has 2 aromatic rings. The second-order valence-corrected chi connectivity index (χ2v) is 9.31. The van der Waals surface area contributed by atoms with Crippen molar-refractivity contribution in [1.82, 2.24) is 4.90 Å². The Kier molecular flexibility index (Phi) is 4.88. The Hall–Kier alpha value is -2.38. The first-order valence-electron chi connectivity index (χ1n) is 9.02. The fourth-order valence-electron chi connectivity index (χ4n) is 3.61. The van der Waals surface area contributed by atoms with E-state index in [-0.39, 0.29) is 23.6 Å². The van der Waals surface area contributed by atoms with E-state index in [2.05, 4.69) is 5.32 Å². The summed E-state index contributed by atoms with van der Waals surface area (Å²) in [5.74, 6) is 0.150. The Balaban J connectivity index is 1.54. The van der Waals surface area contributed by atoms with Gasteiger partial charge in [0.1, 0.15) is 0 Å². The number of hydrogen-bond acceptors (Lipinski definition) is 4. The number of anilines is 1. The number of benzene rings is 2. The lowest BCUT2D eigenvalue weighted by Crippen LogP contribution is -2.43. The van der Waals surface area contributed by atoms with E-state index < -0.39 is 9.84 Å². The number of fused-ring (bicyclic) bond motifs is 1. The van der Waals surface area contributed by atoms with E-state index in [1.54, 1.807) is 4.90 Å². The number of carbonyl (C=O) groups excluding carboxylic acids is 1. The van der Waals surface area contributed by atoms with Gasteiger partial charge >= 0.3 is 6.03 Å². The highest BCUT2D eigenvalue weighted by molar-refractivity contribution is 7.91. The van der Waals surface area contributed by atoms with Crippen molar-refractivity contribution < 1.29 is 17.9 Å². The van der Waals surface area contributed by atoms with Gasteiger partial charge in [-0.15, -0.1) is 0 Å². The van der Waals surface area contributed by atoms with E-state index in [1.807, 2.05) is 48.5 Å². The van der Waals surface area contributed by atoms with Crippen molar-refractivity contribution in [2.24, 2.45) is 0 Å². The van der Waals surface area contributed by atoms with Crippen LogP contribution in [0.2, 0.25) is 0 Å². The van der Waals surface area contributed by atoms with Gasteiger partial charge in [-0.3, -0.25) is 0 Å². The van der Waals surface area contributed by atoms with E-state index in [9.17, 15) is 13.2 Å². The molecule has 2 aliphatic heterocycles. The Morgan fingerprint density at radius 3 is 2.63 bits per heavy atom. The van der Waals surface area contributed by atoms with E-state index in [1.165, 1.54) is 0 Å². The maximum Gasteiger partial charge on any atom is 0.322 e. The second-order valence-electron chi connectivity index (χ2n) is 7.08. The molecule has 0 aliphatic carbocycles. The number of hydrogen-bond donors (Lipinski definition) is 1. The highest BCUT2D eigenvalue weighted by Gasteiger charge is 2.34. The largest absolute Gasteiger partial charge is 0.372 e. The first-order valence-corrected chi connectivity index (χ1v) is 10.8. The molecule has 0 saturated carbocycles. The molecule has 0 bridgehead atoms. The quantitative estimate of drug-likeness (QED) is 0.877. The molecule has 4 rings (SSSR count). The smallest absolute Gasteiger partial charge is 0.322 e. The van der Waals surface area contributed by atoms with Crippen molar-refractivity contribution in [2.45, 2.75) is 32.2 Å². The Morgan fingerprint density at radius 2 is 1.89 bits per heavy atom. The van der Waals surface area contributed by atoms with Gasteiger partial charge in [-0.2, -0.15) is 0 Å². The summed E-state index contributed by atoms with van der Waals surface area (Å²) in [5, 5.41) is 2.93. The second kappa shape index (κ2) is 7.32. The van der Waals surface area contributed by atoms with E-state index >= 15 is 0 Å². The molecular weight excluding hydrogens is 364 g/mol. The Morgan fingerprint density at radius 1 is 1.11 bits per heavy atom. The van der Waals surface area contributed by atoms with Gasteiger partial charge in [0, 0.05) is 18.3 Å². The van der Waals surface area contributed by atoms with Crippen LogP contribution in [-0.4, -0.2) is 36.9 Å². The van der Waals surface area contributed by atoms with Crippen LogP contribution < -0.4 is 5.32 Å². The fraction of sp³-hybridized carbons (Fsp3) is 0.350. The number of carbonyl (C=O) groups is 1. The van der Waals surface area contributed by atoms with Crippen LogP contribution in [0.1, 0.15) is 23.1 Å². The van der Waals surface area contributed by atoms with Crippen LogP contribution in [0.25, 0.3) is 0 Å². The zero-order valence-corrected chi connectivity index (χ0v) is 15.7. The van der Waals surface area contributed by atoms with Crippen LogP contribution in [0.15, 0.2) is 48.5 Å². The van der Waals surface area contributed by atoms with Crippen LogP contribution in [-0.2, 0) is 34.3 Å². The number of nitrogens with zero attached hydrogens (tertiary/aromatic N) is 1. The molecule has 0 aromatic heterocycles. The molecule has 2 aliphatic rings. The van der Waals surface area contributed by atoms with Gasteiger partial charge in [-0.1, -0.05) is 36.4 Å². The van der Waals surface area contributed by atoms with Crippen molar-refractivity contribution in [3.8, 4) is 0 Å². The monoisotopic (exact) mass is 386 g/mol. The minimum absolute atomic E-state index is 0.0191. The number of nitrogens with one attached hydrogen (secondary N) is 1. The number of ether oxygens (including phenoxy) is 1. The minimum atomic E-state index is -3.09. The molecule has 0 radical (unpaired) electrons. The highest BCUT2D eigenvalue weighted by atomic mass is 32.2. The molecule has 1 atom stereocenters. The van der Waals surface area contributed by atoms with Crippen LogP contribution in [0.4, 0.5) is 10.5 Å². The van der Waals surface area contributed by atoms with E-state index in [0.29, 0.717) is 31.9 Å². The Bertz CT molecular complexity index is 944. The molecule has 0 spiro atoms. The lowest BCUT2D eigenvalue weighted by Gasteiger charge is -2.28.